The van der Waals surface area contributed by atoms with Crippen molar-refractivity contribution in [3.63, 3.8) is 0 Å². The summed E-state index contributed by atoms with van der Waals surface area (Å²) in [7, 11) is -3.44. The van der Waals surface area contributed by atoms with Gasteiger partial charge in [0.1, 0.15) is 0 Å². The minimum absolute atomic E-state index is 0. The van der Waals surface area contributed by atoms with Crippen molar-refractivity contribution in [3.05, 3.63) is 12.7 Å². The van der Waals surface area contributed by atoms with Crippen molar-refractivity contribution in [3.8, 4) is 0 Å². The van der Waals surface area contributed by atoms with Crippen LogP contribution in [0, 0.1) is 0 Å². The van der Waals surface area contributed by atoms with Gasteiger partial charge in [-0.2, -0.15) is 0 Å². The van der Waals surface area contributed by atoms with Crippen LogP contribution in [0.25, 0.3) is 0 Å². The van der Waals surface area contributed by atoms with Crippen LogP contribution in [0.1, 0.15) is 6.92 Å². The third-order valence-electron chi connectivity index (χ3n) is 1.40. The van der Waals surface area contributed by atoms with Gasteiger partial charge in [-0.15, -0.1) is 30.6 Å². The number of sulfonamides is 1. The number of rotatable bonds is 6. The molecule has 0 atom stereocenters. The molecule has 6 nitrogen and oxygen atoms in total. The van der Waals surface area contributed by atoms with Gasteiger partial charge < -0.3 is 10.6 Å². The van der Waals surface area contributed by atoms with Gasteiger partial charge in [-0.05, 0) is 6.92 Å². The predicted molar refractivity (Wildman–Crippen MR) is 77.6 cm³/mol. The summed E-state index contributed by atoms with van der Waals surface area (Å²) in [5, 5.41) is 10.7. The van der Waals surface area contributed by atoms with Gasteiger partial charge in [-0.25, -0.2) is 13.6 Å². The third-order valence-corrected chi connectivity index (χ3v) is 2.16. The fraction of sp³-hybridized carbons (Fsp3) is 0.625. The first-order valence-electron chi connectivity index (χ1n) is 4.63. The number of aliphatic imine (C=N–C) groups is 1. The highest BCUT2D eigenvalue weighted by Gasteiger charge is 2.01. The minimum Gasteiger partial charge on any atom is -0.357 e. The van der Waals surface area contributed by atoms with Gasteiger partial charge in [0.05, 0.1) is 12.3 Å². The Morgan fingerprint density at radius 2 is 2.12 bits per heavy atom. The second-order valence-corrected chi connectivity index (χ2v) is 4.53. The summed E-state index contributed by atoms with van der Waals surface area (Å²) >= 11 is 0. The van der Waals surface area contributed by atoms with E-state index < -0.39 is 10.0 Å². The molecular weight excluding hydrogens is 343 g/mol. The Morgan fingerprint density at radius 3 is 2.56 bits per heavy atom. The molecule has 0 saturated carbocycles. The van der Waals surface area contributed by atoms with E-state index in [1.165, 1.54) is 0 Å². The number of nitrogens with two attached hydrogens (primary N) is 1. The maximum absolute atomic E-state index is 10.6. The number of nitrogens with zero attached hydrogens (tertiary/aromatic N) is 1. The predicted octanol–water partition coefficient (Wildman–Crippen LogP) is -0.366. The van der Waals surface area contributed by atoms with E-state index >= 15 is 0 Å². The van der Waals surface area contributed by atoms with E-state index in [1.54, 1.807) is 6.08 Å². The normalized spacial score (nSPS) is 11.5. The molecule has 0 aliphatic heterocycles. The summed E-state index contributed by atoms with van der Waals surface area (Å²) in [5.74, 6) is 0.401. The lowest BCUT2D eigenvalue weighted by Gasteiger charge is -2.08. The molecule has 0 aromatic heterocycles. The van der Waals surface area contributed by atoms with E-state index in [0.29, 0.717) is 19.0 Å². The molecule has 0 aromatic carbocycles. The molecule has 0 rings (SSSR count). The summed E-state index contributed by atoms with van der Waals surface area (Å²) in [6.07, 6.45) is 1.69. The Kier molecular flexibility index (Phi) is 11.1. The molecule has 0 unspecified atom stereocenters. The first-order valence-corrected chi connectivity index (χ1v) is 6.34. The fourth-order valence-electron chi connectivity index (χ4n) is 0.795. The van der Waals surface area contributed by atoms with E-state index in [-0.39, 0.29) is 36.3 Å². The highest BCUT2D eigenvalue weighted by atomic mass is 127. The van der Waals surface area contributed by atoms with Crippen molar-refractivity contribution in [2.45, 2.75) is 6.92 Å². The molecule has 0 bridgehead atoms. The molecular formula is C8H19IN4O2S. The zero-order chi connectivity index (χ0) is 11.7. The van der Waals surface area contributed by atoms with E-state index in [9.17, 15) is 8.42 Å². The largest absolute Gasteiger partial charge is 0.357 e. The Hall–Kier alpha value is -0.350. The molecule has 4 N–H and O–H groups in total. The van der Waals surface area contributed by atoms with Gasteiger partial charge in [0, 0.05) is 13.1 Å². The number of guanidine groups is 1. The first kappa shape index (κ1) is 18.0. The number of hydrogen-bond acceptors (Lipinski definition) is 3. The second kappa shape index (κ2) is 9.85. The zero-order valence-electron chi connectivity index (χ0n) is 9.27. The first-order chi connectivity index (χ1) is 6.99. The van der Waals surface area contributed by atoms with Crippen molar-refractivity contribution in [1.29, 1.82) is 0 Å². The third kappa shape index (κ3) is 11.7. The monoisotopic (exact) mass is 362 g/mol. The van der Waals surface area contributed by atoms with E-state index in [1.807, 2.05) is 6.92 Å². The van der Waals surface area contributed by atoms with Crippen LogP contribution in [0.4, 0.5) is 0 Å². The molecule has 0 heterocycles. The van der Waals surface area contributed by atoms with Crippen LogP contribution in [-0.4, -0.2) is 39.8 Å². The summed E-state index contributed by atoms with van der Waals surface area (Å²) in [6.45, 7) is 6.89. The van der Waals surface area contributed by atoms with Crippen LogP contribution < -0.4 is 15.8 Å². The summed E-state index contributed by atoms with van der Waals surface area (Å²) < 4.78 is 21.3. The van der Waals surface area contributed by atoms with Crippen molar-refractivity contribution >= 4 is 40.0 Å². The number of nitrogens with one attached hydrogen (secondary N) is 2. The molecule has 0 radical (unpaired) electrons. The minimum atomic E-state index is -3.44. The Morgan fingerprint density at radius 1 is 1.50 bits per heavy atom. The second-order valence-electron chi connectivity index (χ2n) is 2.80. The zero-order valence-corrected chi connectivity index (χ0v) is 12.4. The molecule has 0 aliphatic carbocycles. The van der Waals surface area contributed by atoms with Crippen LogP contribution in [0.3, 0.4) is 0 Å². The molecule has 0 fully saturated rings. The molecule has 8 heteroatoms. The summed E-state index contributed by atoms with van der Waals surface area (Å²) in [4.78, 5) is 4.02. The number of hydrogen-bond donors (Lipinski definition) is 3. The number of halogens is 1. The fourth-order valence-corrected chi connectivity index (χ4v) is 1.14. The van der Waals surface area contributed by atoms with Crippen LogP contribution in [-0.2, 0) is 10.0 Å². The SMILES string of the molecule is C=CCNC(=NCCS(N)(=O)=O)NCC.I. The Balaban J connectivity index is 0. The lowest BCUT2D eigenvalue weighted by molar-refractivity contribution is 0.597. The molecule has 0 saturated heterocycles. The van der Waals surface area contributed by atoms with Crippen molar-refractivity contribution in [2.24, 2.45) is 10.1 Å². The van der Waals surface area contributed by atoms with Crippen LogP contribution in [0.5, 0.6) is 0 Å². The van der Waals surface area contributed by atoms with Crippen LogP contribution in [0.15, 0.2) is 17.6 Å². The van der Waals surface area contributed by atoms with E-state index in [4.69, 9.17) is 5.14 Å². The Bertz CT molecular complexity index is 316. The van der Waals surface area contributed by atoms with Crippen molar-refractivity contribution in [1.82, 2.24) is 10.6 Å². The lowest BCUT2D eigenvalue weighted by Crippen LogP contribution is -2.37. The maximum atomic E-state index is 10.6. The van der Waals surface area contributed by atoms with Gasteiger partial charge >= 0.3 is 0 Å². The average Bonchev–Trinajstić information content (AvgIpc) is 2.12. The van der Waals surface area contributed by atoms with Crippen molar-refractivity contribution < 1.29 is 8.42 Å². The maximum Gasteiger partial charge on any atom is 0.210 e. The highest BCUT2D eigenvalue weighted by Crippen LogP contribution is 1.80. The average molecular weight is 362 g/mol. The smallest absolute Gasteiger partial charge is 0.210 e. The topological polar surface area (TPSA) is 96.6 Å². The molecule has 96 valence electrons. The standard InChI is InChI=1S/C8H18N4O2S.HI/c1-3-5-11-8(10-4-2)12-6-7-15(9,13)14;/h3H,1,4-7H2,2H3,(H2,9,13,14)(H2,10,11,12);1H. The lowest BCUT2D eigenvalue weighted by atomic mass is 10.6. The van der Waals surface area contributed by atoms with Gasteiger partial charge in [0.15, 0.2) is 5.96 Å². The van der Waals surface area contributed by atoms with Crippen LogP contribution in [0.2, 0.25) is 0 Å². The summed E-state index contributed by atoms with van der Waals surface area (Å²) in [6, 6.07) is 0. The Labute approximate surface area is 114 Å². The van der Waals surface area contributed by atoms with Crippen molar-refractivity contribution in [2.75, 3.05) is 25.4 Å². The van der Waals surface area contributed by atoms with Gasteiger partial charge in [-0.1, -0.05) is 6.08 Å². The molecule has 0 spiro atoms. The van der Waals surface area contributed by atoms with E-state index in [2.05, 4.69) is 22.2 Å². The van der Waals surface area contributed by atoms with Crippen LogP contribution >= 0.6 is 24.0 Å². The molecule has 16 heavy (non-hydrogen) atoms. The molecule has 0 amide bonds. The quantitative estimate of drug-likeness (QED) is 0.260. The van der Waals surface area contributed by atoms with E-state index in [0.717, 1.165) is 0 Å². The van der Waals surface area contributed by atoms with Gasteiger partial charge in [-0.3, -0.25) is 4.99 Å². The summed E-state index contributed by atoms with van der Waals surface area (Å²) in [5.41, 5.74) is 0. The molecule has 0 aromatic rings. The highest BCUT2D eigenvalue weighted by molar-refractivity contribution is 14.0. The van der Waals surface area contributed by atoms with Gasteiger partial charge in [0.2, 0.25) is 10.0 Å². The number of primary sulfonamides is 1. The van der Waals surface area contributed by atoms with Gasteiger partial charge in [0.25, 0.3) is 0 Å². The molecule has 0 aliphatic rings.